The van der Waals surface area contributed by atoms with Gasteiger partial charge in [-0.2, -0.15) is 0 Å². The van der Waals surface area contributed by atoms with Gasteiger partial charge in [-0.05, 0) is 61.1 Å². The van der Waals surface area contributed by atoms with E-state index in [4.69, 9.17) is 5.73 Å². The summed E-state index contributed by atoms with van der Waals surface area (Å²) in [5, 5.41) is 0. The van der Waals surface area contributed by atoms with Gasteiger partial charge in [0.1, 0.15) is 0 Å². The van der Waals surface area contributed by atoms with Gasteiger partial charge in [-0.1, -0.05) is 28.1 Å². The summed E-state index contributed by atoms with van der Waals surface area (Å²) >= 11 is 3.51. The van der Waals surface area contributed by atoms with Crippen LogP contribution in [0.15, 0.2) is 53.3 Å². The lowest BCUT2D eigenvalue weighted by atomic mass is 9.90. The van der Waals surface area contributed by atoms with Crippen LogP contribution in [0.4, 0.5) is 0 Å². The highest BCUT2D eigenvalue weighted by Crippen LogP contribution is 2.25. The fourth-order valence-electron chi connectivity index (χ4n) is 3.33. The molecule has 3 nitrogen and oxygen atoms in total. The largest absolute Gasteiger partial charge is 0.328 e. The predicted octanol–water partition coefficient (Wildman–Crippen LogP) is 4.12. The Balaban J connectivity index is 1.73. The van der Waals surface area contributed by atoms with Gasteiger partial charge < -0.3 is 5.73 Å². The highest BCUT2D eigenvalue weighted by molar-refractivity contribution is 9.10. The average molecular weight is 374 g/mol. The van der Waals surface area contributed by atoms with E-state index >= 15 is 0 Å². The van der Waals surface area contributed by atoms with Crippen LogP contribution in [-0.2, 0) is 13.1 Å². The number of hydrogen-bond donors (Lipinski definition) is 1. The summed E-state index contributed by atoms with van der Waals surface area (Å²) in [6.07, 6.45) is 8.43. The number of hydrogen-bond acceptors (Lipinski definition) is 3. The first-order valence-corrected chi connectivity index (χ1v) is 9.13. The summed E-state index contributed by atoms with van der Waals surface area (Å²) in [7, 11) is 0. The minimum atomic E-state index is 0.390. The van der Waals surface area contributed by atoms with Crippen LogP contribution in [0.25, 0.3) is 0 Å². The molecule has 1 aliphatic carbocycles. The summed E-state index contributed by atoms with van der Waals surface area (Å²) < 4.78 is 1.13. The molecule has 0 aliphatic heterocycles. The molecule has 1 aliphatic rings. The molecule has 1 saturated carbocycles. The van der Waals surface area contributed by atoms with Crippen molar-refractivity contribution in [2.75, 3.05) is 0 Å². The highest BCUT2D eigenvalue weighted by Gasteiger charge is 2.24. The third-order valence-corrected chi connectivity index (χ3v) is 5.22. The molecule has 23 heavy (non-hydrogen) atoms. The number of halogens is 1. The Labute approximate surface area is 147 Å². The Bertz CT molecular complexity index is 592. The van der Waals surface area contributed by atoms with Crippen molar-refractivity contribution >= 4 is 15.9 Å². The molecule has 3 rings (SSSR count). The van der Waals surface area contributed by atoms with Crippen LogP contribution in [0.1, 0.15) is 36.8 Å². The standard InChI is InChI=1S/C19H24BrN3/c20-17-3-1-15(2-4-17)13-23(14-16-9-11-22-12-10-16)19-7-5-18(21)6-8-19/h1-4,9-12,18-19H,5-8,13-14,21H2. The van der Waals surface area contributed by atoms with Gasteiger partial charge in [-0.25, -0.2) is 0 Å². The maximum atomic E-state index is 6.09. The summed E-state index contributed by atoms with van der Waals surface area (Å²) in [6, 6.07) is 13.9. The molecule has 2 N–H and O–H groups in total. The third-order valence-electron chi connectivity index (χ3n) is 4.69. The van der Waals surface area contributed by atoms with Crippen molar-refractivity contribution in [1.82, 2.24) is 9.88 Å². The number of nitrogens with zero attached hydrogens (tertiary/aromatic N) is 2. The molecule has 0 atom stereocenters. The second-order valence-corrected chi connectivity index (χ2v) is 7.37. The molecule has 1 aromatic heterocycles. The van der Waals surface area contributed by atoms with Crippen LogP contribution in [0.3, 0.4) is 0 Å². The lowest BCUT2D eigenvalue weighted by Crippen LogP contribution is -2.40. The molecular formula is C19H24BrN3. The van der Waals surface area contributed by atoms with Crippen molar-refractivity contribution in [2.24, 2.45) is 5.73 Å². The first-order chi connectivity index (χ1) is 11.2. The summed E-state index contributed by atoms with van der Waals surface area (Å²) in [6.45, 7) is 1.95. The first kappa shape index (κ1) is 16.6. The zero-order valence-electron chi connectivity index (χ0n) is 13.4. The van der Waals surface area contributed by atoms with Crippen LogP contribution in [-0.4, -0.2) is 22.0 Å². The molecule has 4 heteroatoms. The SMILES string of the molecule is NC1CCC(N(Cc2ccncc2)Cc2ccc(Br)cc2)CC1. The van der Waals surface area contributed by atoms with Gasteiger partial charge >= 0.3 is 0 Å². The van der Waals surface area contributed by atoms with Crippen molar-refractivity contribution in [3.63, 3.8) is 0 Å². The zero-order valence-corrected chi connectivity index (χ0v) is 15.0. The van der Waals surface area contributed by atoms with Crippen LogP contribution in [0.2, 0.25) is 0 Å². The summed E-state index contributed by atoms with van der Waals surface area (Å²) in [4.78, 5) is 6.73. The van der Waals surface area contributed by atoms with E-state index in [0.29, 0.717) is 12.1 Å². The van der Waals surface area contributed by atoms with Gasteiger partial charge in [0.2, 0.25) is 0 Å². The number of benzene rings is 1. The van der Waals surface area contributed by atoms with E-state index in [0.717, 1.165) is 30.4 Å². The van der Waals surface area contributed by atoms with Gasteiger partial charge in [-0.3, -0.25) is 9.88 Å². The molecule has 2 aromatic rings. The molecule has 122 valence electrons. The molecule has 1 aromatic carbocycles. The van der Waals surface area contributed by atoms with E-state index in [1.165, 1.54) is 24.0 Å². The lowest BCUT2D eigenvalue weighted by Gasteiger charge is -2.36. The Morgan fingerprint density at radius 2 is 1.48 bits per heavy atom. The van der Waals surface area contributed by atoms with E-state index in [2.05, 4.69) is 62.2 Å². The Morgan fingerprint density at radius 3 is 2.09 bits per heavy atom. The van der Waals surface area contributed by atoms with E-state index < -0.39 is 0 Å². The number of pyridine rings is 1. The maximum absolute atomic E-state index is 6.09. The van der Waals surface area contributed by atoms with E-state index in [9.17, 15) is 0 Å². The fraction of sp³-hybridized carbons (Fsp3) is 0.421. The second-order valence-electron chi connectivity index (χ2n) is 6.46. The van der Waals surface area contributed by atoms with E-state index in [1.807, 2.05) is 12.4 Å². The normalized spacial score (nSPS) is 21.5. The average Bonchev–Trinajstić information content (AvgIpc) is 2.58. The first-order valence-electron chi connectivity index (χ1n) is 8.33. The third kappa shape index (κ3) is 4.87. The van der Waals surface area contributed by atoms with Crippen LogP contribution in [0, 0.1) is 0 Å². The molecule has 0 unspecified atom stereocenters. The Kier molecular flexibility index (Phi) is 5.81. The van der Waals surface area contributed by atoms with Gasteiger partial charge in [0, 0.05) is 42.0 Å². The predicted molar refractivity (Wildman–Crippen MR) is 97.9 cm³/mol. The minimum absolute atomic E-state index is 0.390. The van der Waals surface area contributed by atoms with Crippen molar-refractivity contribution in [2.45, 2.75) is 50.9 Å². The lowest BCUT2D eigenvalue weighted by molar-refractivity contribution is 0.134. The van der Waals surface area contributed by atoms with E-state index in [-0.39, 0.29) is 0 Å². The quantitative estimate of drug-likeness (QED) is 0.856. The van der Waals surface area contributed by atoms with Gasteiger partial charge in [0.05, 0.1) is 0 Å². The number of rotatable bonds is 5. The van der Waals surface area contributed by atoms with E-state index in [1.54, 1.807) is 0 Å². The number of nitrogens with two attached hydrogens (primary N) is 1. The molecule has 0 spiro atoms. The highest BCUT2D eigenvalue weighted by atomic mass is 79.9. The van der Waals surface area contributed by atoms with Crippen LogP contribution >= 0.6 is 15.9 Å². The molecule has 0 saturated heterocycles. The summed E-state index contributed by atoms with van der Waals surface area (Å²) in [5.74, 6) is 0. The van der Waals surface area contributed by atoms with Crippen molar-refractivity contribution in [1.29, 1.82) is 0 Å². The minimum Gasteiger partial charge on any atom is -0.328 e. The monoisotopic (exact) mass is 373 g/mol. The van der Waals surface area contributed by atoms with Crippen molar-refractivity contribution in [3.8, 4) is 0 Å². The zero-order chi connectivity index (χ0) is 16.1. The van der Waals surface area contributed by atoms with Gasteiger partial charge in [0.15, 0.2) is 0 Å². The molecule has 0 radical (unpaired) electrons. The second kappa shape index (κ2) is 8.04. The van der Waals surface area contributed by atoms with Crippen molar-refractivity contribution in [3.05, 3.63) is 64.4 Å². The summed E-state index contributed by atoms with van der Waals surface area (Å²) in [5.41, 5.74) is 8.77. The molecule has 1 fully saturated rings. The smallest absolute Gasteiger partial charge is 0.0271 e. The van der Waals surface area contributed by atoms with Crippen molar-refractivity contribution < 1.29 is 0 Å². The Morgan fingerprint density at radius 1 is 0.913 bits per heavy atom. The molecular weight excluding hydrogens is 350 g/mol. The van der Waals surface area contributed by atoms with Gasteiger partial charge in [0.25, 0.3) is 0 Å². The maximum Gasteiger partial charge on any atom is 0.0271 e. The fourth-order valence-corrected chi connectivity index (χ4v) is 3.59. The Hall–Kier alpha value is -1.23. The van der Waals surface area contributed by atoms with Crippen LogP contribution < -0.4 is 5.73 Å². The molecule has 0 bridgehead atoms. The molecule has 0 amide bonds. The number of aromatic nitrogens is 1. The van der Waals surface area contributed by atoms with Crippen LogP contribution in [0.5, 0.6) is 0 Å². The van der Waals surface area contributed by atoms with Gasteiger partial charge in [-0.15, -0.1) is 0 Å². The topological polar surface area (TPSA) is 42.1 Å². The molecule has 1 heterocycles.